The molecule has 4 nitrogen and oxygen atoms in total. The van der Waals surface area contributed by atoms with E-state index in [-0.39, 0.29) is 17.3 Å². The number of carbonyl (C=O) groups is 1. The highest BCUT2D eigenvalue weighted by Gasteiger charge is 2.14. The molecule has 0 bridgehead atoms. The summed E-state index contributed by atoms with van der Waals surface area (Å²) in [6.07, 6.45) is -0.157. The van der Waals surface area contributed by atoms with E-state index >= 15 is 0 Å². The Labute approximate surface area is 121 Å². The Balaban J connectivity index is 2.68. The molecule has 0 aliphatic heterocycles. The Morgan fingerprint density at radius 3 is 2.53 bits per heavy atom. The van der Waals surface area contributed by atoms with Crippen molar-refractivity contribution in [3.05, 3.63) is 28.2 Å². The van der Waals surface area contributed by atoms with Crippen molar-refractivity contribution in [2.75, 3.05) is 6.61 Å². The van der Waals surface area contributed by atoms with E-state index in [9.17, 15) is 4.79 Å². The van der Waals surface area contributed by atoms with Crippen LogP contribution in [-0.2, 0) is 4.74 Å². The first-order valence-corrected chi connectivity index (χ1v) is 6.81. The molecule has 0 amide bonds. The lowest BCUT2D eigenvalue weighted by Crippen LogP contribution is -2.27. The molecule has 0 spiro atoms. The van der Waals surface area contributed by atoms with E-state index in [4.69, 9.17) is 14.6 Å². The van der Waals surface area contributed by atoms with Crippen molar-refractivity contribution in [1.29, 1.82) is 0 Å². The summed E-state index contributed by atoms with van der Waals surface area (Å²) in [6, 6.07) is 4.77. The molecule has 1 rings (SSSR count). The predicted octanol–water partition coefficient (Wildman–Crippen LogP) is 3.73. The average molecular weight is 331 g/mol. The molecule has 0 aliphatic carbocycles. The maximum Gasteiger partial charge on any atom is 0.335 e. The maximum atomic E-state index is 10.9. The van der Waals surface area contributed by atoms with Crippen LogP contribution in [0.25, 0.3) is 0 Å². The van der Waals surface area contributed by atoms with Gasteiger partial charge in [0.1, 0.15) is 11.9 Å². The number of ether oxygens (including phenoxy) is 2. The third kappa shape index (κ3) is 6.07. The van der Waals surface area contributed by atoms with Crippen molar-refractivity contribution in [3.63, 3.8) is 0 Å². The molecule has 0 heterocycles. The van der Waals surface area contributed by atoms with Crippen LogP contribution in [0.5, 0.6) is 5.75 Å². The van der Waals surface area contributed by atoms with E-state index < -0.39 is 5.97 Å². The minimum atomic E-state index is -0.982. The molecule has 106 valence electrons. The van der Waals surface area contributed by atoms with Crippen LogP contribution in [0.3, 0.4) is 0 Å². The summed E-state index contributed by atoms with van der Waals surface area (Å²) in [7, 11) is 0. The van der Waals surface area contributed by atoms with E-state index in [1.165, 1.54) is 12.1 Å². The number of benzene rings is 1. The zero-order valence-electron chi connectivity index (χ0n) is 11.6. The van der Waals surface area contributed by atoms with Crippen molar-refractivity contribution in [3.8, 4) is 5.75 Å². The molecular weight excluding hydrogens is 312 g/mol. The summed E-state index contributed by atoms with van der Waals surface area (Å²) in [4.78, 5) is 10.9. The Bertz CT molecular complexity index is 451. The smallest absolute Gasteiger partial charge is 0.335 e. The molecule has 0 saturated heterocycles. The lowest BCUT2D eigenvalue weighted by Gasteiger charge is -2.23. The van der Waals surface area contributed by atoms with Gasteiger partial charge < -0.3 is 14.6 Å². The third-order valence-corrected chi connectivity index (χ3v) is 2.66. The summed E-state index contributed by atoms with van der Waals surface area (Å²) in [6.45, 7) is 8.25. The highest BCUT2D eigenvalue weighted by molar-refractivity contribution is 9.10. The van der Waals surface area contributed by atoms with Gasteiger partial charge in [-0.25, -0.2) is 4.79 Å². The van der Waals surface area contributed by atoms with Gasteiger partial charge in [0, 0.05) is 4.47 Å². The number of hydrogen-bond donors (Lipinski definition) is 1. The highest BCUT2D eigenvalue weighted by atomic mass is 79.9. The van der Waals surface area contributed by atoms with Gasteiger partial charge in [0.05, 0.1) is 17.8 Å². The molecule has 0 aliphatic rings. The van der Waals surface area contributed by atoms with Gasteiger partial charge in [0.15, 0.2) is 0 Å². The van der Waals surface area contributed by atoms with Crippen molar-refractivity contribution < 1.29 is 19.4 Å². The van der Waals surface area contributed by atoms with Crippen LogP contribution in [-0.4, -0.2) is 29.4 Å². The summed E-state index contributed by atoms with van der Waals surface area (Å²) < 4.78 is 12.0. The van der Waals surface area contributed by atoms with Crippen molar-refractivity contribution in [2.45, 2.75) is 39.4 Å². The normalized spacial score (nSPS) is 13.1. The fourth-order valence-electron chi connectivity index (χ4n) is 1.39. The SMILES string of the molecule is C[C@@H](COC(C)(C)C)Oc1cc(Br)cc(C(=O)O)c1. The zero-order valence-corrected chi connectivity index (χ0v) is 13.2. The van der Waals surface area contributed by atoms with E-state index in [0.717, 1.165) is 0 Å². The minimum absolute atomic E-state index is 0.157. The number of hydrogen-bond acceptors (Lipinski definition) is 3. The van der Waals surface area contributed by atoms with E-state index in [1.807, 2.05) is 27.7 Å². The fourth-order valence-corrected chi connectivity index (χ4v) is 1.86. The van der Waals surface area contributed by atoms with Crippen LogP contribution in [0.1, 0.15) is 38.1 Å². The fraction of sp³-hybridized carbons (Fsp3) is 0.500. The lowest BCUT2D eigenvalue weighted by molar-refractivity contribution is -0.0374. The molecule has 0 fully saturated rings. The molecule has 0 unspecified atom stereocenters. The van der Waals surface area contributed by atoms with Gasteiger partial charge in [-0.1, -0.05) is 15.9 Å². The Morgan fingerprint density at radius 2 is 2.00 bits per heavy atom. The van der Waals surface area contributed by atoms with Gasteiger partial charge in [-0.05, 0) is 45.9 Å². The van der Waals surface area contributed by atoms with Gasteiger partial charge in [-0.15, -0.1) is 0 Å². The monoisotopic (exact) mass is 330 g/mol. The molecule has 0 aromatic heterocycles. The molecule has 1 N–H and O–H groups in total. The lowest BCUT2D eigenvalue weighted by atomic mass is 10.2. The van der Waals surface area contributed by atoms with Crippen molar-refractivity contribution >= 4 is 21.9 Å². The number of carboxylic acids is 1. The summed E-state index contributed by atoms with van der Waals surface area (Å²) in [5, 5.41) is 8.98. The van der Waals surface area contributed by atoms with E-state index in [2.05, 4.69) is 15.9 Å². The van der Waals surface area contributed by atoms with Crippen LogP contribution >= 0.6 is 15.9 Å². The third-order valence-electron chi connectivity index (χ3n) is 2.21. The van der Waals surface area contributed by atoms with Gasteiger partial charge in [0.2, 0.25) is 0 Å². The Kier molecular flexibility index (Phi) is 5.38. The standard InChI is InChI=1S/C14H19BrO4/c1-9(8-18-14(2,3)4)19-12-6-10(13(16)17)5-11(15)7-12/h5-7,9H,8H2,1-4H3,(H,16,17)/t9-/m0/s1. The van der Waals surface area contributed by atoms with Gasteiger partial charge in [0.25, 0.3) is 0 Å². The number of carboxylic acid groups (broad SMARTS) is 1. The average Bonchev–Trinajstić information content (AvgIpc) is 2.24. The summed E-state index contributed by atoms with van der Waals surface area (Å²) in [5.41, 5.74) is -0.0329. The molecule has 1 atom stereocenters. The quantitative estimate of drug-likeness (QED) is 0.893. The molecule has 5 heteroatoms. The number of aromatic carboxylic acids is 1. The van der Waals surface area contributed by atoms with Crippen molar-refractivity contribution in [1.82, 2.24) is 0 Å². The molecule has 19 heavy (non-hydrogen) atoms. The molecule has 1 aromatic rings. The second kappa shape index (κ2) is 6.39. The van der Waals surface area contributed by atoms with Gasteiger partial charge in [-0.3, -0.25) is 0 Å². The minimum Gasteiger partial charge on any atom is -0.488 e. The highest BCUT2D eigenvalue weighted by Crippen LogP contribution is 2.23. The first-order chi connectivity index (χ1) is 8.67. The molecule has 1 aromatic carbocycles. The Morgan fingerprint density at radius 1 is 1.37 bits per heavy atom. The van der Waals surface area contributed by atoms with Crippen LogP contribution in [0.4, 0.5) is 0 Å². The Hall–Kier alpha value is -1.07. The summed E-state index contributed by atoms with van der Waals surface area (Å²) in [5.74, 6) is -0.471. The predicted molar refractivity (Wildman–Crippen MR) is 76.9 cm³/mol. The largest absolute Gasteiger partial charge is 0.488 e. The second-order valence-electron chi connectivity index (χ2n) is 5.33. The van der Waals surface area contributed by atoms with Crippen LogP contribution in [0, 0.1) is 0 Å². The molecule has 0 saturated carbocycles. The van der Waals surface area contributed by atoms with Crippen LogP contribution in [0.2, 0.25) is 0 Å². The topological polar surface area (TPSA) is 55.8 Å². The molecule has 0 radical (unpaired) electrons. The first kappa shape index (κ1) is 16.0. The van der Waals surface area contributed by atoms with Gasteiger partial charge in [-0.2, -0.15) is 0 Å². The van der Waals surface area contributed by atoms with Crippen LogP contribution in [0.15, 0.2) is 22.7 Å². The number of halogens is 1. The van der Waals surface area contributed by atoms with E-state index in [1.54, 1.807) is 6.07 Å². The maximum absolute atomic E-state index is 10.9. The summed E-state index contributed by atoms with van der Waals surface area (Å²) >= 11 is 3.27. The zero-order chi connectivity index (χ0) is 14.6. The van der Waals surface area contributed by atoms with E-state index in [0.29, 0.717) is 16.8 Å². The van der Waals surface area contributed by atoms with Crippen LogP contribution < -0.4 is 4.74 Å². The number of rotatable bonds is 5. The first-order valence-electron chi connectivity index (χ1n) is 6.02. The van der Waals surface area contributed by atoms with Crippen molar-refractivity contribution in [2.24, 2.45) is 0 Å². The second-order valence-corrected chi connectivity index (χ2v) is 6.25. The van der Waals surface area contributed by atoms with Gasteiger partial charge >= 0.3 is 5.97 Å². The molecular formula is C14H19BrO4.